The average Bonchev–Trinajstić information content (AvgIpc) is 2.42. The van der Waals surface area contributed by atoms with Gasteiger partial charge in [-0.3, -0.25) is 4.79 Å². The van der Waals surface area contributed by atoms with Crippen molar-refractivity contribution in [3.8, 4) is 0 Å². The van der Waals surface area contributed by atoms with Crippen LogP contribution in [0.15, 0.2) is 30.3 Å². The van der Waals surface area contributed by atoms with Crippen molar-refractivity contribution >= 4 is 5.91 Å². The minimum Gasteiger partial charge on any atom is -0.354 e. The van der Waals surface area contributed by atoms with Crippen molar-refractivity contribution in [2.75, 3.05) is 6.54 Å². The van der Waals surface area contributed by atoms with E-state index in [2.05, 4.69) is 19.2 Å². The molecule has 0 bridgehead atoms. The van der Waals surface area contributed by atoms with Gasteiger partial charge in [-0.2, -0.15) is 0 Å². The third-order valence-electron chi connectivity index (χ3n) is 4.53. The molecule has 3 N–H and O–H groups in total. The molecule has 2 rings (SSSR count). The number of benzene rings is 1. The van der Waals surface area contributed by atoms with Crippen LogP contribution in [-0.2, 0) is 11.2 Å². The quantitative estimate of drug-likeness (QED) is 0.810. The highest BCUT2D eigenvalue weighted by Gasteiger charge is 2.37. The molecule has 1 saturated carbocycles. The van der Waals surface area contributed by atoms with Crippen molar-refractivity contribution < 1.29 is 4.79 Å². The number of hydrogen-bond acceptors (Lipinski definition) is 2. The molecule has 1 aromatic carbocycles. The Kier molecular flexibility index (Phi) is 5.40. The fraction of sp³-hybridized carbons (Fsp3) is 0.611. The van der Waals surface area contributed by atoms with Crippen LogP contribution in [0, 0.1) is 11.3 Å². The smallest absolute Gasteiger partial charge is 0.237 e. The first-order chi connectivity index (χ1) is 10.0. The highest BCUT2D eigenvalue weighted by Crippen LogP contribution is 2.45. The number of carbonyl (C=O) groups is 1. The van der Waals surface area contributed by atoms with Crippen molar-refractivity contribution in [1.82, 2.24) is 5.32 Å². The number of carbonyl (C=O) groups excluding carboxylic acids is 1. The van der Waals surface area contributed by atoms with Crippen LogP contribution in [0.25, 0.3) is 0 Å². The fourth-order valence-electron chi connectivity index (χ4n) is 3.36. The van der Waals surface area contributed by atoms with Gasteiger partial charge in [-0.15, -0.1) is 0 Å². The van der Waals surface area contributed by atoms with Gasteiger partial charge in [0.2, 0.25) is 5.91 Å². The van der Waals surface area contributed by atoms with Gasteiger partial charge in [0.15, 0.2) is 0 Å². The molecule has 1 atom stereocenters. The van der Waals surface area contributed by atoms with Crippen LogP contribution < -0.4 is 11.1 Å². The molecule has 3 heteroatoms. The van der Waals surface area contributed by atoms with Gasteiger partial charge >= 0.3 is 0 Å². The molecule has 0 aromatic heterocycles. The van der Waals surface area contributed by atoms with E-state index >= 15 is 0 Å². The first kappa shape index (κ1) is 16.0. The standard InChI is InChI=1S/C18H28N2O/c1-14(2)12-18(9-6-10-18)13-20-17(21)16(19)11-15-7-4-3-5-8-15/h3-5,7-8,14,16H,6,9-13,19H2,1-2H3,(H,20,21)/t16-/m0/s1. The monoisotopic (exact) mass is 288 g/mol. The largest absolute Gasteiger partial charge is 0.354 e. The van der Waals surface area contributed by atoms with Gasteiger partial charge in [0, 0.05) is 6.54 Å². The number of nitrogens with one attached hydrogen (secondary N) is 1. The van der Waals surface area contributed by atoms with Crippen molar-refractivity contribution in [1.29, 1.82) is 0 Å². The molecule has 0 aliphatic heterocycles. The summed E-state index contributed by atoms with van der Waals surface area (Å²) in [5.41, 5.74) is 7.47. The van der Waals surface area contributed by atoms with Gasteiger partial charge in [-0.25, -0.2) is 0 Å². The number of rotatable bonds is 7. The Morgan fingerprint density at radius 3 is 2.48 bits per heavy atom. The maximum atomic E-state index is 12.2. The van der Waals surface area contributed by atoms with Crippen molar-refractivity contribution in [2.24, 2.45) is 17.1 Å². The summed E-state index contributed by atoms with van der Waals surface area (Å²) in [6.07, 6.45) is 5.56. The summed E-state index contributed by atoms with van der Waals surface area (Å²) in [6.45, 7) is 5.29. The van der Waals surface area contributed by atoms with Gasteiger partial charge in [0.25, 0.3) is 0 Å². The molecule has 0 spiro atoms. The lowest BCUT2D eigenvalue weighted by Gasteiger charge is -2.43. The van der Waals surface area contributed by atoms with E-state index in [0.29, 0.717) is 17.8 Å². The molecular weight excluding hydrogens is 260 g/mol. The third kappa shape index (κ3) is 4.57. The molecule has 0 unspecified atom stereocenters. The summed E-state index contributed by atoms with van der Waals surface area (Å²) >= 11 is 0. The van der Waals surface area contributed by atoms with E-state index in [1.165, 1.54) is 25.7 Å². The van der Waals surface area contributed by atoms with E-state index in [1.54, 1.807) is 0 Å². The molecule has 1 aliphatic rings. The van der Waals surface area contributed by atoms with Crippen LogP contribution in [0.5, 0.6) is 0 Å². The van der Waals surface area contributed by atoms with Crippen LogP contribution in [0.3, 0.4) is 0 Å². The van der Waals surface area contributed by atoms with E-state index < -0.39 is 6.04 Å². The summed E-state index contributed by atoms with van der Waals surface area (Å²) in [5, 5.41) is 3.09. The molecule has 0 heterocycles. The lowest BCUT2D eigenvalue weighted by Crippen LogP contribution is -2.48. The first-order valence-electron chi connectivity index (χ1n) is 8.08. The Labute approximate surface area is 128 Å². The number of amides is 1. The maximum Gasteiger partial charge on any atom is 0.237 e. The molecular formula is C18H28N2O. The molecule has 1 aromatic rings. The second-order valence-electron chi connectivity index (χ2n) is 6.97. The summed E-state index contributed by atoms with van der Waals surface area (Å²) in [4.78, 5) is 12.2. The zero-order valence-electron chi connectivity index (χ0n) is 13.3. The molecule has 21 heavy (non-hydrogen) atoms. The zero-order valence-corrected chi connectivity index (χ0v) is 13.3. The van der Waals surface area contributed by atoms with E-state index in [4.69, 9.17) is 5.73 Å². The predicted octanol–water partition coefficient (Wildman–Crippen LogP) is 2.89. The summed E-state index contributed by atoms with van der Waals surface area (Å²) in [7, 11) is 0. The van der Waals surface area contributed by atoms with E-state index in [-0.39, 0.29) is 5.91 Å². The van der Waals surface area contributed by atoms with Crippen LogP contribution in [0.1, 0.15) is 45.1 Å². The minimum atomic E-state index is -0.455. The fourth-order valence-corrected chi connectivity index (χ4v) is 3.36. The van der Waals surface area contributed by atoms with Crippen molar-refractivity contribution in [2.45, 2.75) is 52.0 Å². The summed E-state index contributed by atoms with van der Waals surface area (Å²) in [5.74, 6) is 0.661. The normalized spacial score (nSPS) is 18.1. The van der Waals surface area contributed by atoms with Gasteiger partial charge < -0.3 is 11.1 Å². The molecule has 116 valence electrons. The summed E-state index contributed by atoms with van der Waals surface area (Å²) in [6, 6.07) is 9.50. The summed E-state index contributed by atoms with van der Waals surface area (Å²) < 4.78 is 0. The Hall–Kier alpha value is -1.35. The Morgan fingerprint density at radius 1 is 1.29 bits per heavy atom. The Morgan fingerprint density at radius 2 is 1.95 bits per heavy atom. The molecule has 0 radical (unpaired) electrons. The van der Waals surface area contributed by atoms with Gasteiger partial charge in [-0.05, 0) is 42.6 Å². The predicted molar refractivity (Wildman–Crippen MR) is 86.9 cm³/mol. The number of hydrogen-bond donors (Lipinski definition) is 2. The van der Waals surface area contributed by atoms with E-state index in [9.17, 15) is 4.79 Å². The van der Waals surface area contributed by atoms with Crippen LogP contribution in [-0.4, -0.2) is 18.5 Å². The molecule has 1 fully saturated rings. The van der Waals surface area contributed by atoms with Crippen LogP contribution in [0.2, 0.25) is 0 Å². The van der Waals surface area contributed by atoms with Gasteiger partial charge in [0.1, 0.15) is 0 Å². The van der Waals surface area contributed by atoms with Gasteiger partial charge in [-0.1, -0.05) is 50.6 Å². The minimum absolute atomic E-state index is 0.0196. The Bertz CT molecular complexity index is 452. The Balaban J connectivity index is 1.81. The highest BCUT2D eigenvalue weighted by molar-refractivity contribution is 5.81. The van der Waals surface area contributed by atoms with Crippen LogP contribution in [0.4, 0.5) is 0 Å². The van der Waals surface area contributed by atoms with E-state index in [0.717, 1.165) is 12.1 Å². The maximum absolute atomic E-state index is 12.2. The van der Waals surface area contributed by atoms with E-state index in [1.807, 2.05) is 30.3 Å². The van der Waals surface area contributed by atoms with Gasteiger partial charge in [0.05, 0.1) is 6.04 Å². The lowest BCUT2D eigenvalue weighted by atomic mass is 9.64. The second-order valence-corrected chi connectivity index (χ2v) is 6.97. The molecule has 0 saturated heterocycles. The second kappa shape index (κ2) is 7.08. The topological polar surface area (TPSA) is 55.1 Å². The first-order valence-corrected chi connectivity index (χ1v) is 8.08. The molecule has 1 aliphatic carbocycles. The number of nitrogens with two attached hydrogens (primary N) is 1. The molecule has 1 amide bonds. The van der Waals surface area contributed by atoms with Crippen molar-refractivity contribution in [3.63, 3.8) is 0 Å². The average molecular weight is 288 g/mol. The SMILES string of the molecule is CC(C)CC1(CNC(=O)[C@@H](N)Cc2ccccc2)CCC1. The third-order valence-corrected chi connectivity index (χ3v) is 4.53. The lowest BCUT2D eigenvalue weighted by molar-refractivity contribution is -0.123. The molecule has 3 nitrogen and oxygen atoms in total. The zero-order chi connectivity index (χ0) is 15.3. The highest BCUT2D eigenvalue weighted by atomic mass is 16.2. The van der Waals surface area contributed by atoms with Crippen molar-refractivity contribution in [3.05, 3.63) is 35.9 Å². The van der Waals surface area contributed by atoms with Crippen LogP contribution >= 0.6 is 0 Å².